The van der Waals surface area contributed by atoms with Gasteiger partial charge in [-0.05, 0) is 38.1 Å². The Hall–Kier alpha value is -1.46. The van der Waals surface area contributed by atoms with Gasteiger partial charge in [0.25, 0.3) is 0 Å². The Labute approximate surface area is 115 Å². The highest BCUT2D eigenvalue weighted by Crippen LogP contribution is 2.40. The first-order valence-electron chi connectivity index (χ1n) is 6.30. The first-order chi connectivity index (χ1) is 9.07. The molecule has 0 aliphatic rings. The molecule has 0 amide bonds. The molecule has 1 rings (SSSR count). The molecule has 5 nitrogen and oxygen atoms in total. The van der Waals surface area contributed by atoms with Crippen LogP contribution in [0.2, 0.25) is 0 Å². The summed E-state index contributed by atoms with van der Waals surface area (Å²) in [5.41, 5.74) is 6.94. The van der Waals surface area contributed by atoms with Gasteiger partial charge in [-0.25, -0.2) is 0 Å². The van der Waals surface area contributed by atoms with Crippen LogP contribution in [0.25, 0.3) is 0 Å². The van der Waals surface area contributed by atoms with Crippen molar-refractivity contribution >= 4 is 0 Å². The molecule has 0 heterocycles. The second-order valence-electron chi connectivity index (χ2n) is 4.51. The fourth-order valence-corrected chi connectivity index (χ4v) is 2.09. The van der Waals surface area contributed by atoms with Crippen LogP contribution in [0, 0.1) is 0 Å². The van der Waals surface area contributed by atoms with Gasteiger partial charge in [-0.2, -0.15) is 0 Å². The van der Waals surface area contributed by atoms with Gasteiger partial charge in [-0.15, -0.1) is 0 Å². The largest absolute Gasteiger partial charge is 0.493 e. The lowest BCUT2D eigenvalue weighted by molar-refractivity contribution is 0.322. The van der Waals surface area contributed by atoms with Crippen molar-refractivity contribution in [2.75, 3.05) is 28.4 Å². The van der Waals surface area contributed by atoms with E-state index < -0.39 is 0 Å². The lowest BCUT2D eigenvalue weighted by atomic mass is 9.99. The number of nitrogens with two attached hydrogens (primary N) is 1. The molecule has 0 spiro atoms. The fourth-order valence-electron chi connectivity index (χ4n) is 2.09. The second-order valence-corrected chi connectivity index (χ2v) is 4.51. The van der Waals surface area contributed by atoms with Crippen LogP contribution in [0.3, 0.4) is 0 Å². The molecular formula is C14H24N2O3. The van der Waals surface area contributed by atoms with Crippen LogP contribution in [0.15, 0.2) is 12.1 Å². The van der Waals surface area contributed by atoms with Gasteiger partial charge in [-0.3, -0.25) is 0 Å². The van der Waals surface area contributed by atoms with E-state index in [-0.39, 0.29) is 12.1 Å². The van der Waals surface area contributed by atoms with Gasteiger partial charge in [0.15, 0.2) is 11.5 Å². The Balaban J connectivity index is 3.20. The standard InChI is InChI=1S/C14H24N2O3/c1-9(15)6-11(16-2)10-7-12(17-3)14(19-5)13(8-10)18-4/h7-9,11,16H,6,15H2,1-5H3. The highest BCUT2D eigenvalue weighted by molar-refractivity contribution is 5.54. The first kappa shape index (κ1) is 15.6. The number of benzene rings is 1. The third kappa shape index (κ3) is 3.75. The average Bonchev–Trinajstić information content (AvgIpc) is 2.42. The van der Waals surface area contributed by atoms with Gasteiger partial charge in [0, 0.05) is 12.1 Å². The molecule has 0 radical (unpaired) electrons. The molecule has 0 saturated heterocycles. The highest BCUT2D eigenvalue weighted by Gasteiger charge is 2.18. The van der Waals surface area contributed by atoms with E-state index in [0.29, 0.717) is 17.2 Å². The quantitative estimate of drug-likeness (QED) is 0.788. The maximum Gasteiger partial charge on any atom is 0.203 e. The Kier molecular flexibility index (Phi) is 5.92. The summed E-state index contributed by atoms with van der Waals surface area (Å²) in [4.78, 5) is 0. The minimum atomic E-state index is 0.108. The third-order valence-electron chi connectivity index (χ3n) is 3.05. The average molecular weight is 268 g/mol. The number of rotatable bonds is 7. The molecule has 2 unspecified atom stereocenters. The first-order valence-corrected chi connectivity index (χ1v) is 6.30. The smallest absolute Gasteiger partial charge is 0.203 e. The molecule has 108 valence electrons. The van der Waals surface area contributed by atoms with Gasteiger partial charge < -0.3 is 25.3 Å². The topological polar surface area (TPSA) is 65.7 Å². The lowest BCUT2D eigenvalue weighted by Crippen LogP contribution is -2.25. The summed E-state index contributed by atoms with van der Waals surface area (Å²) in [6, 6.07) is 4.15. The minimum Gasteiger partial charge on any atom is -0.493 e. The molecular weight excluding hydrogens is 244 g/mol. The highest BCUT2D eigenvalue weighted by atomic mass is 16.5. The van der Waals surface area contributed by atoms with Crippen LogP contribution in [-0.2, 0) is 0 Å². The maximum absolute atomic E-state index is 5.88. The van der Waals surface area contributed by atoms with Gasteiger partial charge in [0.1, 0.15) is 0 Å². The number of ether oxygens (including phenoxy) is 3. The number of methoxy groups -OCH3 is 3. The number of hydrogen-bond donors (Lipinski definition) is 2. The van der Waals surface area contributed by atoms with E-state index >= 15 is 0 Å². The summed E-state index contributed by atoms with van der Waals surface area (Å²) < 4.78 is 16.0. The minimum absolute atomic E-state index is 0.108. The van der Waals surface area contributed by atoms with Crippen molar-refractivity contribution in [1.29, 1.82) is 0 Å². The summed E-state index contributed by atoms with van der Waals surface area (Å²) in [7, 11) is 6.73. The van der Waals surface area contributed by atoms with E-state index in [2.05, 4.69) is 5.32 Å². The molecule has 0 bridgehead atoms. The molecule has 1 aromatic rings. The Morgan fingerprint density at radius 1 is 1.11 bits per heavy atom. The molecule has 0 aromatic heterocycles. The van der Waals surface area contributed by atoms with Gasteiger partial charge in [0.2, 0.25) is 5.75 Å². The van der Waals surface area contributed by atoms with E-state index in [1.54, 1.807) is 21.3 Å². The van der Waals surface area contributed by atoms with Crippen LogP contribution >= 0.6 is 0 Å². The molecule has 1 aromatic carbocycles. The number of hydrogen-bond acceptors (Lipinski definition) is 5. The lowest BCUT2D eigenvalue weighted by Gasteiger charge is -2.21. The molecule has 3 N–H and O–H groups in total. The van der Waals surface area contributed by atoms with Crippen LogP contribution < -0.4 is 25.3 Å². The van der Waals surface area contributed by atoms with Crippen LogP contribution in [0.5, 0.6) is 17.2 Å². The summed E-state index contributed by atoms with van der Waals surface area (Å²) in [6.45, 7) is 1.99. The maximum atomic E-state index is 5.88. The Bertz CT molecular complexity index is 383. The van der Waals surface area contributed by atoms with Crippen molar-refractivity contribution in [3.63, 3.8) is 0 Å². The van der Waals surface area contributed by atoms with Crippen molar-refractivity contribution in [2.45, 2.75) is 25.4 Å². The van der Waals surface area contributed by atoms with Gasteiger partial charge in [0.05, 0.1) is 21.3 Å². The van der Waals surface area contributed by atoms with Crippen molar-refractivity contribution in [2.24, 2.45) is 5.73 Å². The van der Waals surface area contributed by atoms with Crippen molar-refractivity contribution < 1.29 is 14.2 Å². The Morgan fingerprint density at radius 3 is 1.95 bits per heavy atom. The van der Waals surface area contributed by atoms with Gasteiger partial charge >= 0.3 is 0 Å². The molecule has 0 aliphatic heterocycles. The predicted molar refractivity (Wildman–Crippen MR) is 76.2 cm³/mol. The van der Waals surface area contributed by atoms with E-state index in [1.807, 2.05) is 26.1 Å². The Morgan fingerprint density at radius 2 is 1.63 bits per heavy atom. The molecule has 5 heteroatoms. The van der Waals surface area contributed by atoms with E-state index in [1.165, 1.54) is 0 Å². The molecule has 19 heavy (non-hydrogen) atoms. The predicted octanol–water partition coefficient (Wildman–Crippen LogP) is 1.71. The zero-order valence-electron chi connectivity index (χ0n) is 12.3. The van der Waals surface area contributed by atoms with E-state index in [4.69, 9.17) is 19.9 Å². The summed E-state index contributed by atoms with van der Waals surface area (Å²) in [5.74, 6) is 1.91. The van der Waals surface area contributed by atoms with Crippen LogP contribution in [0.4, 0.5) is 0 Å². The molecule has 0 aliphatic carbocycles. The van der Waals surface area contributed by atoms with E-state index in [0.717, 1.165) is 12.0 Å². The molecule has 0 saturated carbocycles. The monoisotopic (exact) mass is 268 g/mol. The summed E-state index contributed by atoms with van der Waals surface area (Å²) >= 11 is 0. The zero-order valence-corrected chi connectivity index (χ0v) is 12.3. The third-order valence-corrected chi connectivity index (χ3v) is 3.05. The summed E-state index contributed by atoms with van der Waals surface area (Å²) in [5, 5.41) is 3.26. The SMILES string of the molecule is CNC(CC(C)N)c1cc(OC)c(OC)c(OC)c1. The summed E-state index contributed by atoms with van der Waals surface area (Å²) in [6.07, 6.45) is 0.829. The van der Waals surface area contributed by atoms with Crippen molar-refractivity contribution in [3.8, 4) is 17.2 Å². The fraction of sp³-hybridized carbons (Fsp3) is 0.571. The zero-order chi connectivity index (χ0) is 14.4. The van der Waals surface area contributed by atoms with Crippen molar-refractivity contribution in [3.05, 3.63) is 17.7 Å². The van der Waals surface area contributed by atoms with Crippen molar-refractivity contribution in [1.82, 2.24) is 5.32 Å². The second kappa shape index (κ2) is 7.21. The van der Waals surface area contributed by atoms with Crippen LogP contribution in [0.1, 0.15) is 24.9 Å². The molecule has 2 atom stereocenters. The van der Waals surface area contributed by atoms with E-state index in [9.17, 15) is 0 Å². The van der Waals surface area contributed by atoms with Gasteiger partial charge in [-0.1, -0.05) is 0 Å². The molecule has 0 fully saturated rings. The number of nitrogens with one attached hydrogen (secondary N) is 1. The normalized spacial score (nSPS) is 13.8. The van der Waals surface area contributed by atoms with Crippen LogP contribution in [-0.4, -0.2) is 34.4 Å².